The maximum atomic E-state index is 12.3. The minimum atomic E-state index is -0.535. The molecule has 0 radical (unpaired) electrons. The molecule has 0 aliphatic rings. The molecule has 27 heavy (non-hydrogen) atoms. The van der Waals surface area contributed by atoms with Gasteiger partial charge in [-0.25, -0.2) is 0 Å². The zero-order chi connectivity index (χ0) is 20.0. The predicted molar refractivity (Wildman–Crippen MR) is 103 cm³/mol. The fourth-order valence-electron chi connectivity index (χ4n) is 2.56. The number of nitrogens with one attached hydrogen (secondary N) is 1. The summed E-state index contributed by atoms with van der Waals surface area (Å²) in [4.78, 5) is 24.5. The van der Waals surface area contributed by atoms with Crippen LogP contribution in [0.1, 0.15) is 5.56 Å². The average Bonchev–Trinajstić information content (AvgIpc) is 2.61. The number of amides is 1. The first kappa shape index (κ1) is 20.5. The van der Waals surface area contributed by atoms with Crippen molar-refractivity contribution in [3.8, 4) is 11.5 Å². The standard InChI is InChI=1S/C18H20ClN3O5/c1-21(10-12-8-13(19)4-6-16(12)26-2)11-18(23)20-15-9-14(22(24)25)5-7-17(15)27-3/h4-9H,10-11H2,1-3H3,(H,20,23). The van der Waals surface area contributed by atoms with Gasteiger partial charge in [0.25, 0.3) is 5.69 Å². The summed E-state index contributed by atoms with van der Waals surface area (Å²) in [5.41, 5.74) is 0.946. The van der Waals surface area contributed by atoms with E-state index in [9.17, 15) is 14.9 Å². The Morgan fingerprint density at radius 1 is 1.19 bits per heavy atom. The van der Waals surface area contributed by atoms with Gasteiger partial charge in [-0.15, -0.1) is 0 Å². The van der Waals surface area contributed by atoms with Crippen LogP contribution >= 0.6 is 11.6 Å². The Balaban J connectivity index is 2.06. The van der Waals surface area contributed by atoms with Crippen molar-refractivity contribution in [3.05, 3.63) is 57.1 Å². The molecule has 2 aromatic rings. The number of non-ortho nitro benzene ring substituents is 1. The van der Waals surface area contributed by atoms with E-state index >= 15 is 0 Å². The van der Waals surface area contributed by atoms with Gasteiger partial charge in [-0.3, -0.25) is 19.8 Å². The number of hydrogen-bond donors (Lipinski definition) is 1. The summed E-state index contributed by atoms with van der Waals surface area (Å²) in [5, 5.41) is 14.1. The molecule has 0 heterocycles. The molecule has 144 valence electrons. The molecule has 0 atom stereocenters. The molecule has 0 spiro atoms. The molecular weight excluding hydrogens is 374 g/mol. The Hall–Kier alpha value is -2.84. The van der Waals surface area contributed by atoms with E-state index in [0.717, 1.165) is 5.56 Å². The minimum Gasteiger partial charge on any atom is -0.496 e. The van der Waals surface area contributed by atoms with Crippen molar-refractivity contribution in [3.63, 3.8) is 0 Å². The number of carbonyl (C=O) groups excluding carboxylic acids is 1. The highest BCUT2D eigenvalue weighted by molar-refractivity contribution is 6.30. The average molecular weight is 394 g/mol. The van der Waals surface area contributed by atoms with Crippen LogP contribution in [0.4, 0.5) is 11.4 Å². The molecule has 1 N–H and O–H groups in total. The predicted octanol–water partition coefficient (Wildman–Crippen LogP) is 3.34. The highest BCUT2D eigenvalue weighted by atomic mass is 35.5. The van der Waals surface area contributed by atoms with Crippen LogP contribution in [-0.4, -0.2) is 43.5 Å². The van der Waals surface area contributed by atoms with Crippen molar-refractivity contribution < 1.29 is 19.2 Å². The summed E-state index contributed by atoms with van der Waals surface area (Å²) in [6, 6.07) is 9.28. The summed E-state index contributed by atoms with van der Waals surface area (Å²) < 4.78 is 10.4. The molecule has 0 unspecified atom stereocenters. The molecule has 8 nitrogen and oxygen atoms in total. The fraction of sp³-hybridized carbons (Fsp3) is 0.278. The molecule has 0 saturated carbocycles. The van der Waals surface area contributed by atoms with Gasteiger partial charge in [0.2, 0.25) is 5.91 Å². The number of hydrogen-bond acceptors (Lipinski definition) is 6. The number of halogens is 1. The molecule has 0 fully saturated rings. The number of carbonyl (C=O) groups is 1. The van der Waals surface area contributed by atoms with E-state index in [-0.39, 0.29) is 23.8 Å². The summed E-state index contributed by atoms with van der Waals surface area (Å²) >= 11 is 6.02. The smallest absolute Gasteiger partial charge is 0.271 e. The van der Waals surface area contributed by atoms with E-state index in [2.05, 4.69) is 5.32 Å². The van der Waals surface area contributed by atoms with Crippen molar-refractivity contribution in [2.24, 2.45) is 0 Å². The van der Waals surface area contributed by atoms with Crippen LogP contribution in [0.25, 0.3) is 0 Å². The number of likely N-dealkylation sites (N-methyl/N-ethyl adjacent to an activating group) is 1. The van der Waals surface area contributed by atoms with Crippen molar-refractivity contribution >= 4 is 28.9 Å². The number of anilines is 1. The lowest BCUT2D eigenvalue weighted by molar-refractivity contribution is -0.384. The summed E-state index contributed by atoms with van der Waals surface area (Å²) in [6.07, 6.45) is 0. The van der Waals surface area contributed by atoms with Gasteiger partial charge in [-0.05, 0) is 31.3 Å². The van der Waals surface area contributed by atoms with E-state index < -0.39 is 4.92 Å². The van der Waals surface area contributed by atoms with Gasteiger partial charge in [0, 0.05) is 29.3 Å². The number of nitro groups is 1. The maximum Gasteiger partial charge on any atom is 0.271 e. The lowest BCUT2D eigenvalue weighted by atomic mass is 10.2. The molecule has 0 aliphatic heterocycles. The number of ether oxygens (including phenoxy) is 2. The lowest BCUT2D eigenvalue weighted by Gasteiger charge is -2.18. The van der Waals surface area contributed by atoms with Gasteiger partial charge in [-0.2, -0.15) is 0 Å². The number of rotatable bonds is 8. The van der Waals surface area contributed by atoms with E-state index in [1.54, 1.807) is 37.3 Å². The Morgan fingerprint density at radius 3 is 2.48 bits per heavy atom. The SMILES string of the molecule is COc1ccc(Cl)cc1CN(C)CC(=O)Nc1cc([N+](=O)[O-])ccc1OC. The van der Waals surface area contributed by atoms with Gasteiger partial charge in [0.1, 0.15) is 11.5 Å². The van der Waals surface area contributed by atoms with Crippen LogP contribution < -0.4 is 14.8 Å². The van der Waals surface area contributed by atoms with Crippen LogP contribution in [0.3, 0.4) is 0 Å². The van der Waals surface area contributed by atoms with Crippen molar-refractivity contribution in [1.29, 1.82) is 0 Å². The third kappa shape index (κ3) is 5.57. The minimum absolute atomic E-state index is 0.0571. The monoisotopic (exact) mass is 393 g/mol. The van der Waals surface area contributed by atoms with Crippen molar-refractivity contribution in [1.82, 2.24) is 4.90 Å². The van der Waals surface area contributed by atoms with E-state index in [4.69, 9.17) is 21.1 Å². The molecule has 9 heteroatoms. The maximum absolute atomic E-state index is 12.3. The number of nitro benzene ring substituents is 1. The normalized spacial score (nSPS) is 10.6. The summed E-state index contributed by atoms with van der Waals surface area (Å²) in [7, 11) is 4.76. The van der Waals surface area contributed by atoms with Gasteiger partial charge < -0.3 is 14.8 Å². The Labute approximate surface area is 161 Å². The van der Waals surface area contributed by atoms with E-state index in [1.807, 2.05) is 0 Å². The van der Waals surface area contributed by atoms with Gasteiger partial charge >= 0.3 is 0 Å². The lowest BCUT2D eigenvalue weighted by Crippen LogP contribution is -2.30. The Bertz CT molecular complexity index is 844. The van der Waals surface area contributed by atoms with Crippen LogP contribution in [0.5, 0.6) is 11.5 Å². The second kappa shape index (κ2) is 9.20. The second-order valence-electron chi connectivity index (χ2n) is 5.82. The van der Waals surface area contributed by atoms with Crippen LogP contribution in [0.15, 0.2) is 36.4 Å². The molecule has 0 aliphatic carbocycles. The summed E-state index contributed by atoms with van der Waals surface area (Å²) in [5.74, 6) is 0.678. The fourth-order valence-corrected chi connectivity index (χ4v) is 2.75. The number of benzene rings is 2. The van der Waals surface area contributed by atoms with Gasteiger partial charge in [0.15, 0.2) is 0 Å². The Morgan fingerprint density at radius 2 is 1.85 bits per heavy atom. The molecule has 0 saturated heterocycles. The zero-order valence-electron chi connectivity index (χ0n) is 15.2. The first-order valence-electron chi connectivity index (χ1n) is 7.97. The van der Waals surface area contributed by atoms with Crippen LogP contribution in [0.2, 0.25) is 5.02 Å². The second-order valence-corrected chi connectivity index (χ2v) is 6.25. The largest absolute Gasteiger partial charge is 0.496 e. The Kier molecular flexibility index (Phi) is 6.98. The van der Waals surface area contributed by atoms with Crippen molar-refractivity contribution in [2.75, 3.05) is 33.1 Å². The molecule has 1 amide bonds. The molecule has 0 bridgehead atoms. The molecule has 0 aromatic heterocycles. The van der Waals surface area contributed by atoms with Crippen LogP contribution in [0, 0.1) is 10.1 Å². The van der Waals surface area contributed by atoms with Crippen molar-refractivity contribution in [2.45, 2.75) is 6.54 Å². The van der Waals surface area contributed by atoms with E-state index in [0.29, 0.717) is 23.1 Å². The molecular formula is C18H20ClN3O5. The van der Waals surface area contributed by atoms with E-state index in [1.165, 1.54) is 25.3 Å². The number of methoxy groups -OCH3 is 2. The topological polar surface area (TPSA) is 93.9 Å². The first-order chi connectivity index (χ1) is 12.8. The van der Waals surface area contributed by atoms with Gasteiger partial charge in [0.05, 0.1) is 31.4 Å². The summed E-state index contributed by atoms with van der Waals surface area (Å²) in [6.45, 7) is 0.491. The quantitative estimate of drug-likeness (QED) is 0.546. The highest BCUT2D eigenvalue weighted by Crippen LogP contribution is 2.29. The molecule has 2 rings (SSSR count). The third-order valence-electron chi connectivity index (χ3n) is 3.76. The first-order valence-corrected chi connectivity index (χ1v) is 8.35. The molecule has 2 aromatic carbocycles. The van der Waals surface area contributed by atoms with Gasteiger partial charge in [-0.1, -0.05) is 11.6 Å². The zero-order valence-corrected chi connectivity index (χ0v) is 15.9. The van der Waals surface area contributed by atoms with Crippen LogP contribution in [-0.2, 0) is 11.3 Å². The third-order valence-corrected chi connectivity index (χ3v) is 4.00. The highest BCUT2D eigenvalue weighted by Gasteiger charge is 2.15. The number of nitrogens with zero attached hydrogens (tertiary/aromatic N) is 2.